The molecule has 0 aromatic rings. The lowest BCUT2D eigenvalue weighted by atomic mass is 10.2. The molecule has 0 aromatic heterocycles. The Bertz CT molecular complexity index is 326. The highest BCUT2D eigenvalue weighted by Gasteiger charge is 2.39. The second-order valence-electron chi connectivity index (χ2n) is 4.98. The summed E-state index contributed by atoms with van der Waals surface area (Å²) in [6.45, 7) is 5.48. The first-order valence-electron chi connectivity index (χ1n) is 5.65. The Hall–Kier alpha value is -1.34. The van der Waals surface area contributed by atoms with Gasteiger partial charge in [-0.2, -0.15) is 0 Å². The Kier molecular flexibility index (Phi) is 4.53. The zero-order valence-electron chi connectivity index (χ0n) is 11.4. The Balaban J connectivity index is 2.70. The fourth-order valence-electron chi connectivity index (χ4n) is 1.45. The van der Waals surface area contributed by atoms with E-state index < -0.39 is 17.7 Å². The molecule has 18 heavy (non-hydrogen) atoms. The summed E-state index contributed by atoms with van der Waals surface area (Å²) in [5.74, 6) is -0.346. The number of hydrogen-bond acceptors (Lipinski definition) is 5. The summed E-state index contributed by atoms with van der Waals surface area (Å²) in [6.07, 6.45) is -0.567. The van der Waals surface area contributed by atoms with Crippen molar-refractivity contribution >= 4 is 12.0 Å². The Morgan fingerprint density at radius 1 is 1.39 bits per heavy atom. The maximum absolute atomic E-state index is 11.9. The average Bonchev–Trinajstić information content (AvgIpc) is 2.73. The van der Waals surface area contributed by atoms with E-state index in [2.05, 4.69) is 0 Å². The molecule has 0 unspecified atom stereocenters. The van der Waals surface area contributed by atoms with Gasteiger partial charge in [-0.15, -0.1) is 0 Å². The lowest BCUT2D eigenvalue weighted by molar-refractivity contribution is -0.173. The SMILES string of the molecule is CON(C)C(=O)[C@@H]1COCN1C(=O)OC(C)(C)C. The number of carbonyl (C=O) groups is 2. The van der Waals surface area contributed by atoms with Gasteiger partial charge in [-0.1, -0.05) is 0 Å². The summed E-state index contributed by atoms with van der Waals surface area (Å²) in [7, 11) is 2.86. The summed E-state index contributed by atoms with van der Waals surface area (Å²) in [4.78, 5) is 29.9. The van der Waals surface area contributed by atoms with Crippen LogP contribution in [0.2, 0.25) is 0 Å². The number of ether oxygens (including phenoxy) is 2. The van der Waals surface area contributed by atoms with Crippen LogP contribution >= 0.6 is 0 Å². The minimum absolute atomic E-state index is 0.0445. The van der Waals surface area contributed by atoms with Crippen LogP contribution < -0.4 is 0 Å². The van der Waals surface area contributed by atoms with Crippen molar-refractivity contribution in [2.45, 2.75) is 32.4 Å². The smallest absolute Gasteiger partial charge is 0.412 e. The van der Waals surface area contributed by atoms with Crippen molar-refractivity contribution in [1.29, 1.82) is 0 Å². The molecule has 104 valence electrons. The number of rotatable bonds is 2. The van der Waals surface area contributed by atoms with Crippen molar-refractivity contribution in [1.82, 2.24) is 9.96 Å². The summed E-state index contributed by atoms with van der Waals surface area (Å²) in [6, 6.07) is -0.704. The van der Waals surface area contributed by atoms with Crippen LogP contribution in [0, 0.1) is 0 Å². The van der Waals surface area contributed by atoms with Crippen molar-refractivity contribution in [2.24, 2.45) is 0 Å². The summed E-state index contributed by atoms with van der Waals surface area (Å²) in [5.41, 5.74) is -0.611. The van der Waals surface area contributed by atoms with E-state index in [4.69, 9.17) is 14.3 Å². The summed E-state index contributed by atoms with van der Waals surface area (Å²) >= 11 is 0. The molecule has 0 radical (unpaired) electrons. The van der Waals surface area contributed by atoms with Crippen LogP contribution in [0.25, 0.3) is 0 Å². The van der Waals surface area contributed by atoms with E-state index in [0.717, 1.165) is 5.06 Å². The van der Waals surface area contributed by atoms with Gasteiger partial charge >= 0.3 is 6.09 Å². The second-order valence-corrected chi connectivity index (χ2v) is 4.98. The highest BCUT2D eigenvalue weighted by molar-refractivity contribution is 5.85. The van der Waals surface area contributed by atoms with Crippen molar-refractivity contribution in [3.05, 3.63) is 0 Å². The Labute approximate surface area is 107 Å². The average molecular weight is 260 g/mol. The molecule has 1 saturated heterocycles. The van der Waals surface area contributed by atoms with Gasteiger partial charge in [-0.3, -0.25) is 14.5 Å². The highest BCUT2D eigenvalue weighted by atomic mass is 16.7. The molecule has 7 heteroatoms. The van der Waals surface area contributed by atoms with E-state index in [1.54, 1.807) is 20.8 Å². The Morgan fingerprint density at radius 3 is 2.50 bits per heavy atom. The number of likely N-dealkylation sites (N-methyl/N-ethyl adjacent to an activating group) is 1. The molecule has 0 aliphatic carbocycles. The first-order valence-corrected chi connectivity index (χ1v) is 5.65. The monoisotopic (exact) mass is 260 g/mol. The normalized spacial score (nSPS) is 19.8. The molecule has 1 aliphatic heterocycles. The van der Waals surface area contributed by atoms with Crippen LogP contribution in [0.15, 0.2) is 0 Å². The maximum Gasteiger partial charge on any atom is 0.412 e. The molecule has 0 aromatic carbocycles. The van der Waals surface area contributed by atoms with E-state index in [-0.39, 0.29) is 19.2 Å². The predicted octanol–water partition coefficient (Wildman–Crippen LogP) is 0.600. The fraction of sp³-hybridized carbons (Fsp3) is 0.818. The maximum atomic E-state index is 11.9. The van der Waals surface area contributed by atoms with Gasteiger partial charge in [0.05, 0.1) is 13.7 Å². The zero-order valence-corrected chi connectivity index (χ0v) is 11.4. The number of amides is 2. The van der Waals surface area contributed by atoms with Crippen molar-refractivity contribution < 1.29 is 23.9 Å². The number of carbonyl (C=O) groups excluding carboxylic acids is 2. The van der Waals surface area contributed by atoms with Gasteiger partial charge in [0.2, 0.25) is 0 Å². The lowest BCUT2D eigenvalue weighted by Gasteiger charge is -2.28. The third kappa shape index (κ3) is 3.58. The minimum atomic E-state index is -0.704. The third-order valence-electron chi connectivity index (χ3n) is 2.38. The van der Waals surface area contributed by atoms with Gasteiger partial charge in [-0.25, -0.2) is 9.86 Å². The second kappa shape index (κ2) is 5.53. The largest absolute Gasteiger partial charge is 0.444 e. The number of hydroxylamine groups is 2. The van der Waals surface area contributed by atoms with Gasteiger partial charge in [0.1, 0.15) is 18.4 Å². The summed E-state index contributed by atoms with van der Waals surface area (Å²) in [5, 5.41) is 1.07. The van der Waals surface area contributed by atoms with Gasteiger partial charge in [0, 0.05) is 7.05 Å². The van der Waals surface area contributed by atoms with Crippen LogP contribution in [-0.2, 0) is 19.1 Å². The molecule has 1 atom stereocenters. The quantitative estimate of drug-likeness (QED) is 0.680. The molecule has 0 spiro atoms. The van der Waals surface area contributed by atoms with E-state index in [0.29, 0.717) is 0 Å². The van der Waals surface area contributed by atoms with E-state index in [9.17, 15) is 9.59 Å². The molecule has 0 saturated carbocycles. The third-order valence-corrected chi connectivity index (χ3v) is 2.38. The number of hydrogen-bond donors (Lipinski definition) is 0. The van der Waals surface area contributed by atoms with Crippen molar-refractivity contribution in [3.8, 4) is 0 Å². The van der Waals surface area contributed by atoms with Crippen molar-refractivity contribution in [2.75, 3.05) is 27.5 Å². The van der Waals surface area contributed by atoms with Gasteiger partial charge in [-0.05, 0) is 20.8 Å². The van der Waals surface area contributed by atoms with E-state index in [1.165, 1.54) is 19.1 Å². The lowest BCUT2D eigenvalue weighted by Crippen LogP contribution is -2.48. The molecule has 1 rings (SSSR count). The molecule has 0 bridgehead atoms. The van der Waals surface area contributed by atoms with Crippen LogP contribution in [0.4, 0.5) is 4.79 Å². The molecule has 7 nitrogen and oxygen atoms in total. The standard InChI is InChI=1S/C11H20N2O5/c1-11(2,3)18-10(15)13-7-17-6-8(13)9(14)12(4)16-5/h8H,6-7H2,1-5H3/t8-/m0/s1. The van der Waals surface area contributed by atoms with E-state index in [1.807, 2.05) is 0 Å². The molecule has 0 N–H and O–H groups in total. The fourth-order valence-corrected chi connectivity index (χ4v) is 1.45. The molecule has 1 heterocycles. The minimum Gasteiger partial charge on any atom is -0.444 e. The molecule has 1 aliphatic rings. The van der Waals surface area contributed by atoms with Gasteiger partial charge in [0.15, 0.2) is 0 Å². The van der Waals surface area contributed by atoms with Crippen LogP contribution in [-0.4, -0.2) is 61.1 Å². The topological polar surface area (TPSA) is 68.3 Å². The molecule has 1 fully saturated rings. The molecule has 2 amide bonds. The Morgan fingerprint density at radius 2 is 2.00 bits per heavy atom. The first kappa shape index (κ1) is 14.7. The molecular formula is C11H20N2O5. The van der Waals surface area contributed by atoms with Crippen molar-refractivity contribution in [3.63, 3.8) is 0 Å². The highest BCUT2D eigenvalue weighted by Crippen LogP contribution is 2.17. The van der Waals surface area contributed by atoms with Crippen LogP contribution in [0.1, 0.15) is 20.8 Å². The van der Waals surface area contributed by atoms with Gasteiger partial charge < -0.3 is 9.47 Å². The van der Waals surface area contributed by atoms with Crippen LogP contribution in [0.3, 0.4) is 0 Å². The molecular weight excluding hydrogens is 240 g/mol. The van der Waals surface area contributed by atoms with Gasteiger partial charge in [0.25, 0.3) is 5.91 Å². The summed E-state index contributed by atoms with van der Waals surface area (Å²) < 4.78 is 10.4. The van der Waals surface area contributed by atoms with Crippen LogP contribution in [0.5, 0.6) is 0 Å². The first-order chi connectivity index (χ1) is 8.26. The number of nitrogens with zero attached hydrogens (tertiary/aromatic N) is 2. The predicted molar refractivity (Wildman–Crippen MR) is 62.5 cm³/mol. The van der Waals surface area contributed by atoms with E-state index >= 15 is 0 Å². The zero-order chi connectivity index (χ0) is 13.9.